The number of fused-ring (bicyclic) bond motifs is 6. The monoisotopic (exact) mass is 874 g/mol. The number of rotatable bonds is 9. The van der Waals surface area contributed by atoms with E-state index in [1.165, 1.54) is 59.2 Å². The van der Waals surface area contributed by atoms with Gasteiger partial charge in [-0.25, -0.2) is 4.98 Å². The van der Waals surface area contributed by atoms with Gasteiger partial charge in [-0.3, -0.25) is 9.78 Å². The third-order valence-corrected chi connectivity index (χ3v) is 12.4. The minimum Gasteiger partial charge on any atom is -0.512 e. The van der Waals surface area contributed by atoms with E-state index in [4.69, 9.17) is 14.4 Å². The van der Waals surface area contributed by atoms with E-state index in [0.717, 1.165) is 69.8 Å². The molecule has 0 saturated heterocycles. The fourth-order valence-corrected chi connectivity index (χ4v) is 7.99. The summed E-state index contributed by atoms with van der Waals surface area (Å²) in [5.74, 6) is 0.951. The van der Waals surface area contributed by atoms with E-state index in [9.17, 15) is 9.90 Å². The molecule has 7 rings (SSSR count). The van der Waals surface area contributed by atoms with Crippen molar-refractivity contribution in [1.82, 2.24) is 9.97 Å². The number of benzene rings is 4. The first kappa shape index (κ1) is 39.3. The van der Waals surface area contributed by atoms with Crippen molar-refractivity contribution in [3.05, 3.63) is 95.5 Å². The van der Waals surface area contributed by atoms with Gasteiger partial charge in [-0.15, -0.1) is 18.2 Å². The van der Waals surface area contributed by atoms with Crippen LogP contribution in [0.1, 0.15) is 116 Å². The summed E-state index contributed by atoms with van der Waals surface area (Å²) in [6, 6.07) is 22.4. The zero-order valence-electron chi connectivity index (χ0n) is 32.1. The van der Waals surface area contributed by atoms with Crippen molar-refractivity contribution in [2.24, 2.45) is 10.8 Å². The predicted molar refractivity (Wildman–Crippen MR) is 212 cm³/mol. The fourth-order valence-electron chi connectivity index (χ4n) is 7.99. The average Bonchev–Trinajstić information content (AvgIpc) is 3.82. The molecule has 1 aliphatic carbocycles. The normalized spacial score (nSPS) is 14.2. The minimum absolute atomic E-state index is 0. The second-order valence-corrected chi connectivity index (χ2v) is 15.1. The molecule has 52 heavy (non-hydrogen) atoms. The molecule has 0 aliphatic heterocycles. The molecule has 0 bridgehead atoms. The summed E-state index contributed by atoms with van der Waals surface area (Å²) in [7, 11) is 0. The molecule has 2 aromatic heterocycles. The number of nitrogens with zero attached hydrogens (tertiary/aromatic N) is 2. The van der Waals surface area contributed by atoms with Crippen molar-refractivity contribution in [1.29, 1.82) is 0 Å². The Morgan fingerprint density at radius 3 is 2.25 bits per heavy atom. The average molecular weight is 874 g/mol. The van der Waals surface area contributed by atoms with Gasteiger partial charge >= 0.3 is 0 Å². The molecular weight excluding hydrogens is 821 g/mol. The van der Waals surface area contributed by atoms with Crippen molar-refractivity contribution in [2.45, 2.75) is 113 Å². The number of allylic oxidation sites excluding steroid dienone is 2. The Kier molecular flexibility index (Phi) is 12.1. The van der Waals surface area contributed by atoms with E-state index in [1.54, 1.807) is 6.33 Å². The van der Waals surface area contributed by atoms with Crippen molar-refractivity contribution >= 4 is 49.4 Å². The van der Waals surface area contributed by atoms with E-state index in [2.05, 4.69) is 50.2 Å². The Balaban J connectivity index is 0.000000250. The number of para-hydroxylation sites is 1. The van der Waals surface area contributed by atoms with Gasteiger partial charge in [0.05, 0.1) is 11.1 Å². The third-order valence-electron chi connectivity index (χ3n) is 12.4. The number of carbonyl (C=O) groups excluding carboxylic acids is 1. The number of hydrogen-bond acceptors (Lipinski definition) is 5. The maximum Gasteiger partial charge on any atom is 0.164 e. The molecule has 1 N–H and O–H groups in total. The molecule has 0 unspecified atom stereocenters. The molecule has 6 aromatic rings. The predicted octanol–water partition coefficient (Wildman–Crippen LogP) is 13.1. The zero-order chi connectivity index (χ0) is 36.5. The topological polar surface area (TPSA) is 76.2 Å². The van der Waals surface area contributed by atoms with Gasteiger partial charge in [0, 0.05) is 53.5 Å². The van der Waals surface area contributed by atoms with Crippen LogP contribution >= 0.6 is 0 Å². The van der Waals surface area contributed by atoms with E-state index in [0.29, 0.717) is 5.92 Å². The number of aliphatic hydroxyl groups is 1. The summed E-state index contributed by atoms with van der Waals surface area (Å²) in [5, 5.41) is 15.9. The summed E-state index contributed by atoms with van der Waals surface area (Å²) >= 11 is 0. The van der Waals surface area contributed by atoms with Crippen molar-refractivity contribution in [3.8, 4) is 11.3 Å². The first-order chi connectivity index (χ1) is 24.5. The molecule has 275 valence electrons. The molecule has 6 heteroatoms. The van der Waals surface area contributed by atoms with Crippen LogP contribution in [0.5, 0.6) is 0 Å². The summed E-state index contributed by atoms with van der Waals surface area (Å²) in [6.07, 6.45) is 11.7. The van der Waals surface area contributed by atoms with Gasteiger partial charge in [0.15, 0.2) is 5.78 Å². The maximum absolute atomic E-state index is 12.2. The first-order valence-electron chi connectivity index (χ1n) is 19.0. The van der Waals surface area contributed by atoms with Crippen LogP contribution in [-0.4, -0.2) is 20.9 Å². The van der Waals surface area contributed by atoms with Gasteiger partial charge < -0.3 is 9.52 Å². The molecule has 0 amide bonds. The van der Waals surface area contributed by atoms with E-state index >= 15 is 0 Å². The summed E-state index contributed by atoms with van der Waals surface area (Å²) in [5.41, 5.74) is 8.21. The van der Waals surface area contributed by atoms with Crippen LogP contribution in [0.3, 0.4) is 0 Å². The van der Waals surface area contributed by atoms with Gasteiger partial charge in [-0.1, -0.05) is 102 Å². The summed E-state index contributed by atoms with van der Waals surface area (Å²) in [6.45, 7) is 16.6. The Hall–Kier alpha value is -3.86. The summed E-state index contributed by atoms with van der Waals surface area (Å²) < 4.78 is 6.31. The Morgan fingerprint density at radius 2 is 1.58 bits per heavy atom. The number of furan rings is 1. The number of hydrogen-bond donors (Lipinski definition) is 1. The number of aromatic nitrogens is 2. The SMILES string of the molecule is CCC(C)(CC)C(=O)/C=C(\O)C(C)(CC)CC.Cc1cc2ccc3c(-c4[c-]ccc5c4oc4ccccc45)ncnc3c2c(C)c1C1CCCC1.[Ir]. The summed E-state index contributed by atoms with van der Waals surface area (Å²) in [4.78, 5) is 21.7. The molecule has 2 heterocycles. The number of aryl methyl sites for hydroxylation is 2. The van der Waals surface area contributed by atoms with Gasteiger partial charge in [0.1, 0.15) is 17.7 Å². The Morgan fingerprint density at radius 1 is 0.904 bits per heavy atom. The number of aliphatic hydroxyl groups excluding tert-OH is 1. The van der Waals surface area contributed by atoms with Crippen LogP contribution in [-0.2, 0) is 24.9 Å². The van der Waals surface area contributed by atoms with Crippen molar-refractivity contribution in [2.75, 3.05) is 0 Å². The molecular formula is C46H53IrN2O3-. The molecule has 0 atom stereocenters. The van der Waals surface area contributed by atoms with Gasteiger partial charge in [-0.2, -0.15) is 0 Å². The van der Waals surface area contributed by atoms with E-state index in [1.807, 2.05) is 65.8 Å². The zero-order valence-corrected chi connectivity index (χ0v) is 34.5. The van der Waals surface area contributed by atoms with Crippen LogP contribution in [0.4, 0.5) is 0 Å². The smallest absolute Gasteiger partial charge is 0.164 e. The van der Waals surface area contributed by atoms with E-state index in [-0.39, 0.29) is 42.5 Å². The fraction of sp³-hybridized carbons (Fsp3) is 0.413. The van der Waals surface area contributed by atoms with Crippen molar-refractivity contribution in [3.63, 3.8) is 0 Å². The van der Waals surface area contributed by atoms with Crippen LogP contribution in [0.25, 0.3) is 54.9 Å². The largest absolute Gasteiger partial charge is 0.512 e. The molecule has 1 aliphatic rings. The molecule has 1 saturated carbocycles. The second kappa shape index (κ2) is 16.0. The standard InChI is InChI=1S/C31H25N2O.C15H28O2.Ir/c1-18-16-21-14-15-24-29(25-12-7-11-23-22-10-5-6-13-26(22)34-31(23)25)32-17-33-30(24)28(21)19(2)27(18)20-8-3-4-9-20;1-7-14(5,8-2)12(16)11-13(17)15(6,9-3)10-4;/h5-7,10-11,13-17,20H,3-4,8-9H2,1-2H3;11,16H,7-10H2,1-6H3;/q-1;;/b;12-11-;. The minimum atomic E-state index is -0.337. The van der Waals surface area contributed by atoms with Crippen LogP contribution in [0.15, 0.2) is 77.2 Å². The van der Waals surface area contributed by atoms with E-state index < -0.39 is 0 Å². The van der Waals surface area contributed by atoms with Crippen molar-refractivity contribution < 1.29 is 34.4 Å². The Labute approximate surface area is 322 Å². The Bertz CT molecular complexity index is 2250. The third kappa shape index (κ3) is 7.09. The van der Waals surface area contributed by atoms with Gasteiger partial charge in [0.25, 0.3) is 0 Å². The molecule has 5 nitrogen and oxygen atoms in total. The molecule has 4 aromatic carbocycles. The van der Waals surface area contributed by atoms with Gasteiger partial charge in [-0.05, 0) is 91.8 Å². The number of ketones is 1. The maximum atomic E-state index is 12.2. The molecule has 0 spiro atoms. The quantitative estimate of drug-likeness (QED) is 0.0678. The van der Waals surface area contributed by atoms with Crippen LogP contribution < -0.4 is 0 Å². The number of carbonyl (C=O) groups is 1. The van der Waals surface area contributed by atoms with Gasteiger partial charge in [0.2, 0.25) is 0 Å². The molecule has 1 fully saturated rings. The van der Waals surface area contributed by atoms with Crippen LogP contribution in [0, 0.1) is 30.7 Å². The first-order valence-corrected chi connectivity index (χ1v) is 19.0. The second-order valence-electron chi connectivity index (χ2n) is 15.1. The molecule has 1 radical (unpaired) electrons. The van der Waals surface area contributed by atoms with Crippen LogP contribution in [0.2, 0.25) is 0 Å².